The molecule has 2 aliphatic carbocycles. The van der Waals surface area contributed by atoms with E-state index in [4.69, 9.17) is 27.1 Å². The molecule has 6 nitrogen and oxygen atoms in total. The summed E-state index contributed by atoms with van der Waals surface area (Å²) < 4.78 is 29.6. The summed E-state index contributed by atoms with van der Waals surface area (Å²) >= 11 is 2.05. The summed E-state index contributed by atoms with van der Waals surface area (Å²) in [6.07, 6.45) is 0. The fourth-order valence-corrected chi connectivity index (χ4v) is 2.57. The van der Waals surface area contributed by atoms with Gasteiger partial charge in [0.05, 0.1) is 42.7 Å². The Morgan fingerprint density at radius 2 is 1.17 bits per heavy atom. The molecule has 0 radical (unpaired) electrons. The van der Waals surface area contributed by atoms with Crippen LogP contribution in [-0.4, -0.2) is 54.3 Å². The van der Waals surface area contributed by atoms with Gasteiger partial charge in [-0.05, 0) is 0 Å². The zero-order chi connectivity index (χ0) is 23.6. The van der Waals surface area contributed by atoms with Crippen molar-refractivity contribution >= 4 is 28.8 Å². The largest absolute Gasteiger partial charge is 0.172 e. The molecule has 2 aliphatic rings. The van der Waals surface area contributed by atoms with Crippen molar-refractivity contribution in [2.24, 2.45) is 0 Å². The minimum atomic E-state index is -1.36. The van der Waals surface area contributed by atoms with Gasteiger partial charge in [-0.1, -0.05) is 12.1 Å². The van der Waals surface area contributed by atoms with Crippen molar-refractivity contribution in [2.75, 3.05) is 42.7 Å². The Labute approximate surface area is 197 Å². The van der Waals surface area contributed by atoms with Crippen LogP contribution in [0.25, 0.3) is 11.1 Å². The first-order valence-corrected chi connectivity index (χ1v) is 16.0. The summed E-state index contributed by atoms with van der Waals surface area (Å²) in [6, 6.07) is 14.7. The second-order valence-corrected chi connectivity index (χ2v) is 17.3. The normalized spacial score (nSPS) is 10.5. The molecule has 0 N–H and O–H groups in total. The molecule has 0 atom stereocenters. The standard InChI is InChI=1S/C9H7.C5H11Si.2C3H10O3P.Mo/c1-2-5-9-7-3-6-8(9)4-1;1-5-6(2,3)4;2*1-4-7(5-2)6-3;/h1-7H;1H2,2-4H3;2*7H,1-3H3;/q2*-1;2*+1;. The first-order valence-electron chi connectivity index (χ1n) is 9.05. The van der Waals surface area contributed by atoms with E-state index in [0.717, 1.165) is 0 Å². The topological polar surface area (TPSA) is 55.4 Å². The summed E-state index contributed by atoms with van der Waals surface area (Å²) in [5.41, 5.74) is 2.66. The van der Waals surface area contributed by atoms with Gasteiger partial charge in [0.25, 0.3) is 0 Å². The Morgan fingerprint density at radius 3 is 1.43 bits per heavy atom. The van der Waals surface area contributed by atoms with Crippen LogP contribution in [0.5, 0.6) is 0 Å². The van der Waals surface area contributed by atoms with Crippen LogP contribution in [0.1, 0.15) is 0 Å². The Bertz CT molecular complexity index is 565. The van der Waals surface area contributed by atoms with E-state index in [-0.39, 0.29) is 0 Å². The smallest absolute Gasteiger partial charge is 0.0753 e. The third-order valence-corrected chi connectivity index (χ3v) is 11.6. The van der Waals surface area contributed by atoms with Crippen molar-refractivity contribution in [3.63, 3.8) is 0 Å². The number of benzene rings is 1. The third kappa shape index (κ3) is 16.9. The van der Waals surface area contributed by atoms with E-state index in [1.54, 1.807) is 42.7 Å². The van der Waals surface area contributed by atoms with E-state index in [1.165, 1.54) is 14.6 Å². The van der Waals surface area contributed by atoms with Crippen molar-refractivity contribution < 1.29 is 46.5 Å². The van der Waals surface area contributed by atoms with E-state index < -0.39 is 25.3 Å². The van der Waals surface area contributed by atoms with Crippen LogP contribution in [0.2, 0.25) is 19.6 Å². The van der Waals surface area contributed by atoms with Gasteiger partial charge in [0.2, 0.25) is 0 Å². The van der Waals surface area contributed by atoms with Crippen molar-refractivity contribution in [3.8, 4) is 11.1 Å². The molecule has 0 amide bonds. The van der Waals surface area contributed by atoms with Crippen molar-refractivity contribution in [3.05, 3.63) is 49.4 Å². The molecule has 0 bridgehead atoms. The average molecular weight is 560 g/mol. The summed E-state index contributed by atoms with van der Waals surface area (Å²) in [5, 5.41) is 0. The summed E-state index contributed by atoms with van der Waals surface area (Å²) in [4.78, 5) is 0. The minimum absolute atomic E-state index is 0.925. The molecule has 0 aliphatic heterocycles. The monoisotopic (exact) mass is 562 g/mol. The van der Waals surface area contributed by atoms with E-state index in [0.29, 0.717) is 0 Å². The zero-order valence-corrected chi connectivity index (χ0v) is 24.6. The molecule has 0 unspecified atom stereocenters. The Morgan fingerprint density at radius 1 is 0.800 bits per heavy atom. The molecule has 0 aromatic rings. The molecule has 10 heteroatoms. The molecule has 0 saturated carbocycles. The second kappa shape index (κ2) is 19.9. The molecule has 0 aromatic heterocycles. The molecular weight excluding hydrogens is 522 g/mol. The van der Waals surface area contributed by atoms with Crippen LogP contribution < -0.4 is 0 Å². The van der Waals surface area contributed by atoms with Crippen LogP contribution in [0.15, 0.2) is 42.5 Å². The van der Waals surface area contributed by atoms with E-state index in [1.807, 2.05) is 0 Å². The molecule has 0 spiro atoms. The third-order valence-electron chi connectivity index (χ3n) is 3.38. The average Bonchev–Trinajstić information content (AvgIpc) is 3.20. The number of hydrogen-bond acceptors (Lipinski definition) is 6. The zero-order valence-electron chi connectivity index (χ0n) is 19.6. The number of hydrogen-bond donors (Lipinski definition) is 0. The summed E-state index contributed by atoms with van der Waals surface area (Å²) in [6.45, 7) is 10.8. The second-order valence-electron chi connectivity index (χ2n) is 6.55. The molecule has 0 heterocycles. The van der Waals surface area contributed by atoms with Crippen LogP contribution in [0, 0.1) is 6.92 Å². The van der Waals surface area contributed by atoms with Gasteiger partial charge in [0, 0.05) is 0 Å². The van der Waals surface area contributed by atoms with Crippen molar-refractivity contribution in [2.45, 2.75) is 19.6 Å². The Balaban J connectivity index is 0. The van der Waals surface area contributed by atoms with Gasteiger partial charge in [-0.15, -0.1) is 17.2 Å². The maximum absolute atomic E-state index is 4.71. The van der Waals surface area contributed by atoms with Crippen LogP contribution in [-0.2, 0) is 46.5 Å². The first-order chi connectivity index (χ1) is 14.1. The molecule has 0 saturated heterocycles. The quantitative estimate of drug-likeness (QED) is 0.246. The van der Waals surface area contributed by atoms with Crippen LogP contribution in [0.4, 0.5) is 0 Å². The van der Waals surface area contributed by atoms with Gasteiger partial charge < -0.3 is 0 Å². The Hall–Kier alpha value is 0.225. The van der Waals surface area contributed by atoms with Gasteiger partial charge in [0.15, 0.2) is 0 Å². The fraction of sp³-hybridized carbons (Fsp3) is 0.450. The summed E-state index contributed by atoms with van der Waals surface area (Å²) in [5.74, 6) is 0. The molecule has 30 heavy (non-hydrogen) atoms. The maximum Gasteiger partial charge on any atom is -0.0753 e. The van der Waals surface area contributed by atoms with Gasteiger partial charge >= 0.3 is 74.7 Å². The predicted molar refractivity (Wildman–Crippen MR) is 131 cm³/mol. The van der Waals surface area contributed by atoms with Gasteiger partial charge in [0.1, 0.15) is 0 Å². The van der Waals surface area contributed by atoms with Crippen molar-refractivity contribution in [1.82, 2.24) is 0 Å². The fourth-order valence-electron chi connectivity index (χ4n) is 1.57. The number of fused-ring (bicyclic) bond motifs is 1. The van der Waals surface area contributed by atoms with Gasteiger partial charge in [-0.25, -0.2) is 0 Å². The summed E-state index contributed by atoms with van der Waals surface area (Å²) in [7, 11) is 5.69. The molecule has 0 fully saturated rings. The van der Waals surface area contributed by atoms with Crippen LogP contribution >= 0.6 is 17.2 Å². The Kier molecular flexibility index (Phi) is 21.5. The SMILES string of the molecule is CO[PH+](OC)OC.CO[PH+](OC)OC.[CH2-][C](=[Mo])[Si](C)(C)C.c1cc2cc[cH-]cc-2c1. The first kappa shape index (κ1) is 32.4. The van der Waals surface area contributed by atoms with E-state index in [9.17, 15) is 0 Å². The van der Waals surface area contributed by atoms with Crippen LogP contribution in [0.3, 0.4) is 0 Å². The maximum atomic E-state index is 4.71. The van der Waals surface area contributed by atoms with Crippen molar-refractivity contribution in [1.29, 1.82) is 0 Å². The predicted octanol–water partition coefficient (Wildman–Crippen LogP) is 5.70. The molecule has 0 aromatic carbocycles. The molecule has 174 valence electrons. The minimum Gasteiger partial charge on any atom is -0.172 e. The molecule has 2 rings (SSSR count). The van der Waals surface area contributed by atoms with Gasteiger partial charge in [-0.3, -0.25) is 0 Å². The van der Waals surface area contributed by atoms with E-state index >= 15 is 0 Å². The molecular formula is C20H38MoO6P2Si. The van der Waals surface area contributed by atoms with E-state index in [2.05, 4.69) is 88.4 Å². The van der Waals surface area contributed by atoms with Gasteiger partial charge in [-0.2, -0.15) is 51.4 Å². The number of rotatable bonds is 7.